The third-order valence-corrected chi connectivity index (χ3v) is 8.27. The van der Waals surface area contributed by atoms with Gasteiger partial charge in [0.25, 0.3) is 11.3 Å². The Labute approximate surface area is 211 Å². The van der Waals surface area contributed by atoms with Crippen LogP contribution in [0.4, 0.5) is 5.82 Å². The zero-order valence-corrected chi connectivity index (χ0v) is 21.5. The first-order valence-corrected chi connectivity index (χ1v) is 13.9. The van der Waals surface area contributed by atoms with Gasteiger partial charge < -0.3 is 14.4 Å². The number of carboxylic acids is 1. The van der Waals surface area contributed by atoms with E-state index in [-0.39, 0.29) is 29.3 Å². The lowest BCUT2D eigenvalue weighted by molar-refractivity contribution is -0.137. The van der Waals surface area contributed by atoms with Crippen molar-refractivity contribution < 1.29 is 31.8 Å². The lowest BCUT2D eigenvalue weighted by Crippen LogP contribution is -2.37. The molecule has 4 rings (SSSR count). The summed E-state index contributed by atoms with van der Waals surface area (Å²) in [6.45, 7) is 4.12. The molecule has 1 atom stereocenters. The lowest BCUT2D eigenvalue weighted by atomic mass is 9.90. The van der Waals surface area contributed by atoms with Gasteiger partial charge >= 0.3 is 5.97 Å². The number of carbonyl (C=O) groups is 1. The first-order valence-electron chi connectivity index (χ1n) is 11.4. The highest BCUT2D eigenvalue weighted by Crippen LogP contribution is 2.36. The van der Waals surface area contributed by atoms with Gasteiger partial charge in [0.05, 0.1) is 11.0 Å². The quantitative estimate of drug-likeness (QED) is 0.353. The summed E-state index contributed by atoms with van der Waals surface area (Å²) in [5.41, 5.74) is 1.25. The van der Waals surface area contributed by atoms with Crippen LogP contribution in [0.25, 0.3) is 11.0 Å². The van der Waals surface area contributed by atoms with E-state index in [4.69, 9.17) is 9.29 Å². The van der Waals surface area contributed by atoms with E-state index in [1.807, 2.05) is 13.8 Å². The van der Waals surface area contributed by atoms with Crippen molar-refractivity contribution >= 4 is 44.1 Å². The molecule has 3 N–H and O–H groups in total. The Morgan fingerprint density at radius 3 is 2.44 bits per heavy atom. The summed E-state index contributed by atoms with van der Waals surface area (Å²) in [5.74, 6) is -0.290. The van der Waals surface area contributed by atoms with Gasteiger partial charge in [0.1, 0.15) is 23.8 Å². The molecule has 1 fully saturated rings. The van der Waals surface area contributed by atoms with Gasteiger partial charge in [-0.15, -0.1) is 0 Å². The molecule has 0 amide bonds. The molecule has 1 saturated heterocycles. The molecule has 0 saturated carbocycles. The molecule has 13 heteroatoms. The second-order valence-electron chi connectivity index (χ2n) is 8.84. The standard InChI is InChI=1S/C23H28N4O7S2/c1-15(2)34-17-3-5-18(6-4-17)36(32,33)27-11-9-16(10-12-27)20-13-26(14-22(28)29)23-19(20)7-8-21(24-23)25-35(30)31/h3-8,13,15-16H,9-12,14H2,1-2H3,(H,24,25)(H,28,29)(H,30,31). The molecule has 0 aliphatic carbocycles. The van der Waals surface area contributed by atoms with Crippen LogP contribution in [0.2, 0.25) is 0 Å². The Morgan fingerprint density at radius 2 is 1.86 bits per heavy atom. The summed E-state index contributed by atoms with van der Waals surface area (Å²) in [4.78, 5) is 15.9. The Hall–Kier alpha value is -3.00. The van der Waals surface area contributed by atoms with Gasteiger partial charge in [0.2, 0.25) is 10.0 Å². The summed E-state index contributed by atoms with van der Waals surface area (Å²) >= 11 is -2.31. The predicted molar refractivity (Wildman–Crippen MR) is 135 cm³/mol. The highest BCUT2D eigenvalue weighted by Gasteiger charge is 2.31. The van der Waals surface area contributed by atoms with E-state index in [1.54, 1.807) is 42.6 Å². The fourth-order valence-corrected chi connectivity index (χ4v) is 6.21. The number of sulfonamides is 1. The summed E-state index contributed by atoms with van der Waals surface area (Å²) in [5, 5.41) is 10.0. The molecule has 0 bridgehead atoms. The van der Waals surface area contributed by atoms with Crippen molar-refractivity contribution in [1.82, 2.24) is 13.9 Å². The zero-order chi connectivity index (χ0) is 26.0. The third-order valence-electron chi connectivity index (χ3n) is 5.98. The van der Waals surface area contributed by atoms with Crippen molar-refractivity contribution in [3.63, 3.8) is 0 Å². The molecule has 11 nitrogen and oxygen atoms in total. The number of nitrogens with one attached hydrogen (secondary N) is 1. The number of hydrogen-bond donors (Lipinski definition) is 3. The minimum Gasteiger partial charge on any atom is -0.491 e. The average molecular weight is 537 g/mol. The second-order valence-corrected chi connectivity index (χ2v) is 11.5. The zero-order valence-electron chi connectivity index (χ0n) is 19.8. The van der Waals surface area contributed by atoms with Crippen molar-refractivity contribution in [2.45, 2.75) is 50.2 Å². The van der Waals surface area contributed by atoms with E-state index >= 15 is 0 Å². The topological polar surface area (TPSA) is 151 Å². The minimum absolute atomic E-state index is 0.00314. The van der Waals surface area contributed by atoms with Crippen LogP contribution in [-0.2, 0) is 32.6 Å². The van der Waals surface area contributed by atoms with Gasteiger partial charge in [0, 0.05) is 24.7 Å². The normalized spacial score (nSPS) is 16.3. The van der Waals surface area contributed by atoms with E-state index in [0.29, 0.717) is 37.3 Å². The Kier molecular flexibility index (Phi) is 7.64. The highest BCUT2D eigenvalue weighted by molar-refractivity contribution is 7.89. The number of anilines is 1. The third kappa shape index (κ3) is 5.69. The minimum atomic E-state index is -3.66. The van der Waals surface area contributed by atoms with Crippen LogP contribution in [0, 0.1) is 0 Å². The fourth-order valence-electron chi connectivity index (χ4n) is 4.45. The molecule has 3 aromatic rings. The van der Waals surface area contributed by atoms with Gasteiger partial charge in [-0.1, -0.05) is 0 Å². The Morgan fingerprint density at radius 1 is 1.19 bits per heavy atom. The van der Waals surface area contributed by atoms with E-state index < -0.39 is 27.3 Å². The summed E-state index contributed by atoms with van der Waals surface area (Å²) in [6, 6.07) is 9.69. The summed E-state index contributed by atoms with van der Waals surface area (Å²) in [7, 11) is -3.66. The van der Waals surface area contributed by atoms with Crippen LogP contribution >= 0.6 is 0 Å². The predicted octanol–water partition coefficient (Wildman–Crippen LogP) is 3.03. The largest absolute Gasteiger partial charge is 0.491 e. The lowest BCUT2D eigenvalue weighted by Gasteiger charge is -2.31. The van der Waals surface area contributed by atoms with Crippen molar-refractivity contribution in [3.8, 4) is 5.75 Å². The smallest absolute Gasteiger partial charge is 0.323 e. The van der Waals surface area contributed by atoms with Crippen molar-refractivity contribution in [2.75, 3.05) is 17.8 Å². The van der Waals surface area contributed by atoms with E-state index in [2.05, 4.69) is 9.71 Å². The second kappa shape index (κ2) is 10.5. The van der Waals surface area contributed by atoms with E-state index in [9.17, 15) is 22.5 Å². The van der Waals surface area contributed by atoms with Crippen LogP contribution in [0.15, 0.2) is 47.5 Å². The van der Waals surface area contributed by atoms with Gasteiger partial charge in [-0.25, -0.2) is 17.6 Å². The monoisotopic (exact) mass is 536 g/mol. The van der Waals surface area contributed by atoms with Crippen molar-refractivity contribution in [3.05, 3.63) is 48.2 Å². The van der Waals surface area contributed by atoms with Crippen LogP contribution < -0.4 is 9.46 Å². The maximum absolute atomic E-state index is 13.2. The number of hydrogen-bond acceptors (Lipinski definition) is 6. The van der Waals surface area contributed by atoms with Crippen LogP contribution in [0.3, 0.4) is 0 Å². The van der Waals surface area contributed by atoms with E-state index in [0.717, 1.165) is 10.9 Å². The molecule has 0 spiro atoms. The summed E-state index contributed by atoms with van der Waals surface area (Å²) < 4.78 is 57.4. The number of pyridine rings is 1. The van der Waals surface area contributed by atoms with Crippen molar-refractivity contribution in [1.29, 1.82) is 0 Å². The molecular formula is C23H28N4O7S2. The van der Waals surface area contributed by atoms with Crippen LogP contribution in [-0.4, -0.2) is 61.3 Å². The van der Waals surface area contributed by atoms with Crippen LogP contribution in [0.5, 0.6) is 5.75 Å². The number of nitrogens with zero attached hydrogens (tertiary/aromatic N) is 3. The molecule has 36 heavy (non-hydrogen) atoms. The number of rotatable bonds is 9. The molecule has 1 aromatic carbocycles. The average Bonchev–Trinajstić information content (AvgIpc) is 3.16. The Balaban J connectivity index is 1.54. The Bertz CT molecular complexity index is 1380. The maximum atomic E-state index is 13.2. The van der Waals surface area contributed by atoms with Gasteiger partial charge in [0.15, 0.2) is 0 Å². The van der Waals surface area contributed by atoms with Gasteiger partial charge in [-0.3, -0.25) is 14.1 Å². The number of carboxylic acid groups (broad SMARTS) is 1. The first kappa shape index (κ1) is 26.1. The molecule has 194 valence electrons. The molecule has 1 aliphatic heterocycles. The number of aliphatic carboxylic acids is 1. The van der Waals surface area contributed by atoms with Gasteiger partial charge in [-0.05, 0) is 74.6 Å². The summed E-state index contributed by atoms with van der Waals surface area (Å²) in [6.07, 6.45) is 2.83. The number of piperidine rings is 1. The van der Waals surface area contributed by atoms with Crippen LogP contribution in [0.1, 0.15) is 38.2 Å². The molecular weight excluding hydrogens is 508 g/mol. The highest BCUT2D eigenvalue weighted by atomic mass is 32.2. The molecule has 0 radical (unpaired) electrons. The molecule has 1 unspecified atom stereocenters. The van der Waals surface area contributed by atoms with Gasteiger partial charge in [-0.2, -0.15) is 4.31 Å². The first-order chi connectivity index (χ1) is 17.0. The molecule has 1 aliphatic rings. The maximum Gasteiger partial charge on any atom is 0.323 e. The number of fused-ring (bicyclic) bond motifs is 1. The SMILES string of the molecule is CC(C)Oc1ccc(S(=O)(=O)N2CCC(c3cn(CC(=O)O)c4nc(NS(=O)O)ccc34)CC2)cc1. The number of aromatic nitrogens is 2. The van der Waals surface area contributed by atoms with E-state index in [1.165, 1.54) is 8.87 Å². The van der Waals surface area contributed by atoms with Crippen molar-refractivity contribution in [2.24, 2.45) is 0 Å². The number of ether oxygens (including phenoxy) is 1. The number of benzene rings is 1. The molecule has 2 aromatic heterocycles. The fraction of sp³-hybridized carbons (Fsp3) is 0.391. The molecule has 3 heterocycles.